The van der Waals surface area contributed by atoms with E-state index >= 15 is 0 Å². The molecule has 0 saturated heterocycles. The molecule has 26 heavy (non-hydrogen) atoms. The molecule has 1 aromatic heterocycles. The summed E-state index contributed by atoms with van der Waals surface area (Å²) in [5.41, 5.74) is 2.38. The van der Waals surface area contributed by atoms with Crippen LogP contribution in [0.3, 0.4) is 0 Å². The molecule has 4 heteroatoms. The van der Waals surface area contributed by atoms with Gasteiger partial charge >= 0.3 is 0 Å². The van der Waals surface area contributed by atoms with Crippen molar-refractivity contribution in [3.05, 3.63) is 89.9 Å². The van der Waals surface area contributed by atoms with Gasteiger partial charge in [-0.2, -0.15) is 0 Å². The number of benzene rings is 2. The van der Waals surface area contributed by atoms with Gasteiger partial charge in [-0.05, 0) is 29.8 Å². The van der Waals surface area contributed by atoms with Gasteiger partial charge in [-0.3, -0.25) is 4.79 Å². The minimum Gasteiger partial charge on any atom is -0.496 e. The van der Waals surface area contributed by atoms with E-state index in [2.05, 4.69) is 0 Å². The van der Waals surface area contributed by atoms with Crippen molar-refractivity contribution in [2.24, 2.45) is 0 Å². The lowest BCUT2D eigenvalue weighted by Gasteiger charge is -2.20. The Labute approximate surface area is 153 Å². The molecule has 0 N–H and O–H groups in total. The van der Waals surface area contributed by atoms with Crippen molar-refractivity contribution in [3.63, 3.8) is 0 Å². The average Bonchev–Trinajstić information content (AvgIpc) is 3.20. The zero-order valence-electron chi connectivity index (χ0n) is 14.9. The quantitative estimate of drug-likeness (QED) is 0.617. The van der Waals surface area contributed by atoms with Gasteiger partial charge < -0.3 is 14.1 Å². The molecule has 3 rings (SSSR count). The lowest BCUT2D eigenvalue weighted by atomic mass is 10.0. The van der Waals surface area contributed by atoms with Gasteiger partial charge in [0.25, 0.3) is 5.91 Å². The number of amides is 1. The van der Waals surface area contributed by atoms with E-state index in [9.17, 15) is 4.79 Å². The maximum absolute atomic E-state index is 13.1. The summed E-state index contributed by atoms with van der Waals surface area (Å²) in [6.45, 7) is 0.450. The first kappa shape index (κ1) is 17.5. The van der Waals surface area contributed by atoms with Crippen molar-refractivity contribution >= 4 is 17.6 Å². The Morgan fingerprint density at radius 1 is 1.04 bits per heavy atom. The van der Waals surface area contributed by atoms with Gasteiger partial charge in [0.1, 0.15) is 11.5 Å². The molecule has 3 aromatic rings. The van der Waals surface area contributed by atoms with E-state index in [-0.39, 0.29) is 5.91 Å². The van der Waals surface area contributed by atoms with Crippen LogP contribution in [0.4, 0.5) is 0 Å². The first-order valence-corrected chi connectivity index (χ1v) is 8.37. The van der Waals surface area contributed by atoms with Gasteiger partial charge in [-0.25, -0.2) is 0 Å². The molecule has 0 radical (unpaired) electrons. The van der Waals surface area contributed by atoms with Gasteiger partial charge in [0, 0.05) is 19.2 Å². The average molecular weight is 347 g/mol. The van der Waals surface area contributed by atoms with E-state index < -0.39 is 0 Å². The molecule has 0 bridgehead atoms. The number of carbonyl (C=O) groups excluding carboxylic acids is 1. The maximum atomic E-state index is 13.1. The van der Waals surface area contributed by atoms with Crippen LogP contribution in [0.25, 0.3) is 11.6 Å². The number of rotatable bonds is 6. The van der Waals surface area contributed by atoms with Crippen LogP contribution in [0.5, 0.6) is 5.75 Å². The molecule has 0 atom stereocenters. The number of methoxy groups -OCH3 is 1. The summed E-state index contributed by atoms with van der Waals surface area (Å²) in [5, 5.41) is 0. The predicted octanol–water partition coefficient (Wildman–Crippen LogP) is 4.49. The molecule has 0 spiro atoms. The van der Waals surface area contributed by atoms with Crippen LogP contribution in [-0.4, -0.2) is 25.0 Å². The predicted molar refractivity (Wildman–Crippen MR) is 102 cm³/mol. The number of furan rings is 1. The lowest BCUT2D eigenvalue weighted by molar-refractivity contribution is -0.124. The molecule has 1 amide bonds. The number of carbonyl (C=O) groups is 1. The third-order valence-electron chi connectivity index (χ3n) is 4.09. The lowest BCUT2D eigenvalue weighted by Crippen LogP contribution is -2.27. The summed E-state index contributed by atoms with van der Waals surface area (Å²) in [7, 11) is 3.42. The van der Waals surface area contributed by atoms with Crippen LogP contribution >= 0.6 is 0 Å². The van der Waals surface area contributed by atoms with Crippen molar-refractivity contribution in [1.82, 2.24) is 4.90 Å². The molecule has 132 valence electrons. The molecule has 0 saturated carbocycles. The second-order valence-electron chi connectivity index (χ2n) is 5.91. The first-order chi connectivity index (χ1) is 12.7. The highest BCUT2D eigenvalue weighted by molar-refractivity contribution is 6.23. The Kier molecular flexibility index (Phi) is 5.54. The third-order valence-corrected chi connectivity index (χ3v) is 4.09. The van der Waals surface area contributed by atoms with Gasteiger partial charge in [-0.1, -0.05) is 48.5 Å². The van der Waals surface area contributed by atoms with Gasteiger partial charge in [0.15, 0.2) is 0 Å². The van der Waals surface area contributed by atoms with Gasteiger partial charge in [0.05, 0.1) is 18.9 Å². The molecular formula is C22H21NO3. The minimum atomic E-state index is -0.0847. The summed E-state index contributed by atoms with van der Waals surface area (Å²) in [6.07, 6.45) is 3.37. The second-order valence-corrected chi connectivity index (χ2v) is 5.91. The Morgan fingerprint density at radius 3 is 2.46 bits per heavy atom. The largest absolute Gasteiger partial charge is 0.496 e. The molecule has 4 nitrogen and oxygen atoms in total. The third kappa shape index (κ3) is 4.03. The van der Waals surface area contributed by atoms with E-state index in [1.54, 1.807) is 37.5 Å². The highest BCUT2D eigenvalue weighted by Gasteiger charge is 2.18. The highest BCUT2D eigenvalue weighted by Crippen LogP contribution is 2.24. The SMILES string of the molecule is COc1ccccc1CN(C)C(=O)/C(=C/c1ccco1)c1ccccc1. The van der Waals surface area contributed by atoms with Crippen molar-refractivity contribution < 1.29 is 13.9 Å². The van der Waals surface area contributed by atoms with E-state index in [0.29, 0.717) is 17.9 Å². The molecule has 0 unspecified atom stereocenters. The first-order valence-electron chi connectivity index (χ1n) is 8.37. The zero-order chi connectivity index (χ0) is 18.4. The van der Waals surface area contributed by atoms with Crippen LogP contribution in [0.2, 0.25) is 0 Å². The van der Waals surface area contributed by atoms with Crippen molar-refractivity contribution in [1.29, 1.82) is 0 Å². The van der Waals surface area contributed by atoms with Crippen LogP contribution in [0.15, 0.2) is 77.4 Å². The van der Waals surface area contributed by atoms with Crippen molar-refractivity contribution in [2.75, 3.05) is 14.2 Å². The molecule has 1 heterocycles. The minimum absolute atomic E-state index is 0.0847. The van der Waals surface area contributed by atoms with Crippen molar-refractivity contribution in [2.45, 2.75) is 6.54 Å². The maximum Gasteiger partial charge on any atom is 0.254 e. The van der Waals surface area contributed by atoms with E-state index in [4.69, 9.17) is 9.15 Å². The fourth-order valence-corrected chi connectivity index (χ4v) is 2.77. The number of hydrogen-bond donors (Lipinski definition) is 0. The smallest absolute Gasteiger partial charge is 0.254 e. The summed E-state index contributed by atoms with van der Waals surface area (Å²) in [6, 6.07) is 20.9. The Balaban J connectivity index is 1.90. The molecule has 0 fully saturated rings. The molecular weight excluding hydrogens is 326 g/mol. The summed E-state index contributed by atoms with van der Waals surface area (Å²) in [4.78, 5) is 14.8. The molecule has 0 aliphatic carbocycles. The number of para-hydroxylation sites is 1. The Bertz CT molecular complexity index is 883. The number of ether oxygens (including phenoxy) is 1. The Hall–Kier alpha value is -3.27. The van der Waals surface area contributed by atoms with E-state index in [1.165, 1.54) is 0 Å². The highest BCUT2D eigenvalue weighted by atomic mass is 16.5. The van der Waals surface area contributed by atoms with Crippen LogP contribution in [-0.2, 0) is 11.3 Å². The summed E-state index contributed by atoms with van der Waals surface area (Å²) >= 11 is 0. The van der Waals surface area contributed by atoms with Gasteiger partial charge in [-0.15, -0.1) is 0 Å². The fourth-order valence-electron chi connectivity index (χ4n) is 2.77. The van der Waals surface area contributed by atoms with Gasteiger partial charge in [0.2, 0.25) is 0 Å². The topological polar surface area (TPSA) is 42.7 Å². The Morgan fingerprint density at radius 2 is 1.77 bits per heavy atom. The monoisotopic (exact) mass is 347 g/mol. The van der Waals surface area contributed by atoms with E-state index in [1.807, 2.05) is 60.7 Å². The molecule has 2 aromatic carbocycles. The van der Waals surface area contributed by atoms with Crippen LogP contribution in [0, 0.1) is 0 Å². The number of nitrogens with zero attached hydrogens (tertiary/aromatic N) is 1. The molecule has 0 aliphatic rings. The van der Waals surface area contributed by atoms with E-state index in [0.717, 1.165) is 16.9 Å². The fraction of sp³-hybridized carbons (Fsp3) is 0.136. The van der Waals surface area contributed by atoms with Crippen LogP contribution in [0.1, 0.15) is 16.9 Å². The summed E-state index contributed by atoms with van der Waals surface area (Å²) in [5.74, 6) is 1.32. The molecule has 0 aliphatic heterocycles. The van der Waals surface area contributed by atoms with Crippen molar-refractivity contribution in [3.8, 4) is 5.75 Å². The second kappa shape index (κ2) is 8.21. The standard InChI is InChI=1S/C22H21NO3/c1-23(16-18-11-6-7-13-21(18)25-2)22(24)20(15-19-12-8-14-26-19)17-9-4-3-5-10-17/h3-15H,16H2,1-2H3/b20-15+. The number of likely N-dealkylation sites (N-methyl/N-ethyl adjacent to an activating group) is 1. The normalized spacial score (nSPS) is 11.2. The summed E-state index contributed by atoms with van der Waals surface area (Å²) < 4.78 is 10.8. The van der Waals surface area contributed by atoms with Crippen LogP contribution < -0.4 is 4.74 Å². The zero-order valence-corrected chi connectivity index (χ0v) is 14.9. The number of hydrogen-bond acceptors (Lipinski definition) is 3.